The monoisotopic (exact) mass is 284 g/mol. The van der Waals surface area contributed by atoms with E-state index >= 15 is 0 Å². The highest BCUT2D eigenvalue weighted by Gasteiger charge is 2.23. The topological polar surface area (TPSA) is 81.8 Å². The molecule has 0 saturated carbocycles. The van der Waals surface area contributed by atoms with Gasteiger partial charge in [-0.3, -0.25) is 24.6 Å². The van der Waals surface area contributed by atoms with Crippen LogP contribution in [0.3, 0.4) is 0 Å². The second kappa shape index (κ2) is 8.65. The molecule has 0 aromatic rings. The predicted molar refractivity (Wildman–Crippen MR) is 75.0 cm³/mol. The standard InChI is InChI=1S/C13H24N4O3/c1-14-6-4-7-16(2)9-11(18)15-12(19)10-17-8-3-5-13(17)20/h14H,3-10H2,1-2H3,(H,15,18,19). The first-order valence-electron chi connectivity index (χ1n) is 6.96. The number of rotatable bonds is 8. The fourth-order valence-electron chi connectivity index (χ4n) is 2.13. The molecule has 114 valence electrons. The normalized spacial score (nSPS) is 14.9. The van der Waals surface area contributed by atoms with Crippen LogP contribution >= 0.6 is 0 Å². The number of imide groups is 1. The molecule has 0 spiro atoms. The van der Waals surface area contributed by atoms with Crippen LogP contribution in [0.4, 0.5) is 0 Å². The molecule has 0 aliphatic carbocycles. The number of hydrogen-bond acceptors (Lipinski definition) is 5. The Morgan fingerprint density at radius 3 is 2.70 bits per heavy atom. The molecule has 0 unspecified atom stereocenters. The Morgan fingerprint density at radius 1 is 1.35 bits per heavy atom. The van der Waals surface area contributed by atoms with E-state index < -0.39 is 5.91 Å². The number of nitrogens with one attached hydrogen (secondary N) is 2. The number of carbonyl (C=O) groups excluding carboxylic acids is 3. The first-order chi connectivity index (χ1) is 9.52. The van der Waals surface area contributed by atoms with Crippen molar-refractivity contribution in [1.29, 1.82) is 0 Å². The summed E-state index contributed by atoms with van der Waals surface area (Å²) in [5.74, 6) is -0.751. The van der Waals surface area contributed by atoms with Gasteiger partial charge in [-0.25, -0.2) is 0 Å². The van der Waals surface area contributed by atoms with Gasteiger partial charge in [0.2, 0.25) is 17.7 Å². The molecule has 0 bridgehead atoms. The molecule has 0 radical (unpaired) electrons. The highest BCUT2D eigenvalue weighted by Crippen LogP contribution is 2.08. The van der Waals surface area contributed by atoms with Gasteiger partial charge in [0.1, 0.15) is 0 Å². The molecule has 7 heteroatoms. The maximum Gasteiger partial charge on any atom is 0.246 e. The number of likely N-dealkylation sites (N-methyl/N-ethyl adjacent to an activating group) is 1. The van der Waals surface area contributed by atoms with Gasteiger partial charge in [-0.05, 0) is 40.0 Å². The first kappa shape index (κ1) is 16.6. The Labute approximate surface area is 119 Å². The van der Waals surface area contributed by atoms with Crippen LogP contribution in [0.2, 0.25) is 0 Å². The maximum absolute atomic E-state index is 11.7. The van der Waals surface area contributed by atoms with Crippen molar-refractivity contribution in [1.82, 2.24) is 20.4 Å². The highest BCUT2D eigenvalue weighted by atomic mass is 16.2. The van der Waals surface area contributed by atoms with Gasteiger partial charge in [-0.1, -0.05) is 0 Å². The molecule has 1 aliphatic rings. The minimum Gasteiger partial charge on any atom is -0.333 e. The molecule has 1 heterocycles. The average molecular weight is 284 g/mol. The van der Waals surface area contributed by atoms with E-state index in [2.05, 4.69) is 10.6 Å². The minimum absolute atomic E-state index is 0.0169. The molecule has 0 aromatic heterocycles. The molecule has 1 rings (SSSR count). The zero-order valence-electron chi connectivity index (χ0n) is 12.3. The van der Waals surface area contributed by atoms with Crippen LogP contribution in [0.1, 0.15) is 19.3 Å². The Kier molecular flexibility index (Phi) is 7.17. The van der Waals surface area contributed by atoms with Crippen molar-refractivity contribution in [3.63, 3.8) is 0 Å². The van der Waals surface area contributed by atoms with Crippen LogP contribution < -0.4 is 10.6 Å². The number of nitrogens with zero attached hydrogens (tertiary/aromatic N) is 2. The fourth-order valence-corrected chi connectivity index (χ4v) is 2.13. The lowest BCUT2D eigenvalue weighted by atomic mass is 10.4. The molecule has 7 nitrogen and oxygen atoms in total. The molecule has 2 N–H and O–H groups in total. The lowest BCUT2D eigenvalue weighted by Crippen LogP contribution is -2.44. The van der Waals surface area contributed by atoms with E-state index in [0.29, 0.717) is 13.0 Å². The zero-order valence-corrected chi connectivity index (χ0v) is 12.3. The Balaban J connectivity index is 2.20. The first-order valence-corrected chi connectivity index (χ1v) is 6.96. The van der Waals surface area contributed by atoms with E-state index in [1.807, 2.05) is 19.0 Å². The lowest BCUT2D eigenvalue weighted by molar-refractivity contribution is -0.136. The second-order valence-electron chi connectivity index (χ2n) is 5.09. The fraction of sp³-hybridized carbons (Fsp3) is 0.769. The van der Waals surface area contributed by atoms with E-state index in [4.69, 9.17) is 0 Å². The summed E-state index contributed by atoms with van der Waals surface area (Å²) in [6, 6.07) is 0. The smallest absolute Gasteiger partial charge is 0.246 e. The number of amides is 3. The summed E-state index contributed by atoms with van der Waals surface area (Å²) in [5.41, 5.74) is 0. The Hall–Kier alpha value is -1.47. The SMILES string of the molecule is CNCCCN(C)CC(=O)NC(=O)CN1CCCC1=O. The summed E-state index contributed by atoms with van der Waals surface area (Å²) in [6.07, 6.45) is 2.22. The van der Waals surface area contributed by atoms with E-state index in [0.717, 1.165) is 25.9 Å². The summed E-state index contributed by atoms with van der Waals surface area (Å²) in [4.78, 5) is 38.0. The molecular formula is C13H24N4O3. The second-order valence-corrected chi connectivity index (χ2v) is 5.09. The minimum atomic E-state index is -0.408. The van der Waals surface area contributed by atoms with Gasteiger partial charge >= 0.3 is 0 Å². The lowest BCUT2D eigenvalue weighted by Gasteiger charge is -2.17. The van der Waals surface area contributed by atoms with Gasteiger partial charge in [0.25, 0.3) is 0 Å². The zero-order chi connectivity index (χ0) is 15.0. The highest BCUT2D eigenvalue weighted by molar-refractivity contribution is 5.98. The average Bonchev–Trinajstić information content (AvgIpc) is 2.74. The molecular weight excluding hydrogens is 260 g/mol. The third kappa shape index (κ3) is 6.12. The molecule has 0 atom stereocenters. The number of hydrogen-bond donors (Lipinski definition) is 2. The molecule has 1 saturated heterocycles. The number of carbonyl (C=O) groups is 3. The van der Waals surface area contributed by atoms with Gasteiger partial charge in [0, 0.05) is 13.0 Å². The van der Waals surface area contributed by atoms with Crippen molar-refractivity contribution in [2.75, 3.05) is 46.8 Å². The largest absolute Gasteiger partial charge is 0.333 e. The van der Waals surface area contributed by atoms with Crippen LogP contribution in [0.15, 0.2) is 0 Å². The molecule has 0 aromatic carbocycles. The summed E-state index contributed by atoms with van der Waals surface area (Å²) < 4.78 is 0. The number of likely N-dealkylation sites (tertiary alicyclic amines) is 1. The predicted octanol–water partition coefficient (Wildman–Crippen LogP) is -1.21. The van der Waals surface area contributed by atoms with Crippen LogP contribution in [-0.2, 0) is 14.4 Å². The Morgan fingerprint density at radius 2 is 2.10 bits per heavy atom. The van der Waals surface area contributed by atoms with Crippen molar-refractivity contribution in [2.45, 2.75) is 19.3 Å². The van der Waals surface area contributed by atoms with Crippen molar-refractivity contribution < 1.29 is 14.4 Å². The van der Waals surface area contributed by atoms with Crippen LogP contribution in [0.5, 0.6) is 0 Å². The third-order valence-electron chi connectivity index (χ3n) is 3.16. The Bertz CT molecular complexity index is 360. The van der Waals surface area contributed by atoms with Crippen LogP contribution in [0.25, 0.3) is 0 Å². The summed E-state index contributed by atoms with van der Waals surface area (Å²) in [6.45, 7) is 2.44. The van der Waals surface area contributed by atoms with E-state index in [1.54, 1.807) is 0 Å². The summed E-state index contributed by atoms with van der Waals surface area (Å²) in [5, 5.41) is 5.35. The van der Waals surface area contributed by atoms with Crippen molar-refractivity contribution >= 4 is 17.7 Å². The third-order valence-corrected chi connectivity index (χ3v) is 3.16. The summed E-state index contributed by atoms with van der Waals surface area (Å²) >= 11 is 0. The van der Waals surface area contributed by atoms with E-state index in [9.17, 15) is 14.4 Å². The molecule has 1 fully saturated rings. The van der Waals surface area contributed by atoms with E-state index in [-0.39, 0.29) is 24.9 Å². The van der Waals surface area contributed by atoms with Crippen molar-refractivity contribution in [3.05, 3.63) is 0 Å². The summed E-state index contributed by atoms with van der Waals surface area (Å²) in [7, 11) is 3.72. The van der Waals surface area contributed by atoms with Crippen molar-refractivity contribution in [3.8, 4) is 0 Å². The van der Waals surface area contributed by atoms with Gasteiger partial charge < -0.3 is 10.2 Å². The van der Waals surface area contributed by atoms with Gasteiger partial charge in [0.15, 0.2) is 0 Å². The van der Waals surface area contributed by atoms with Crippen molar-refractivity contribution in [2.24, 2.45) is 0 Å². The molecule has 3 amide bonds. The van der Waals surface area contributed by atoms with Gasteiger partial charge in [0.05, 0.1) is 13.1 Å². The van der Waals surface area contributed by atoms with Crippen LogP contribution in [0, 0.1) is 0 Å². The molecule has 1 aliphatic heterocycles. The van der Waals surface area contributed by atoms with Gasteiger partial charge in [-0.15, -0.1) is 0 Å². The maximum atomic E-state index is 11.7. The molecule has 20 heavy (non-hydrogen) atoms. The van der Waals surface area contributed by atoms with Gasteiger partial charge in [-0.2, -0.15) is 0 Å². The quantitative estimate of drug-likeness (QED) is 0.547. The van der Waals surface area contributed by atoms with Crippen LogP contribution in [-0.4, -0.2) is 74.3 Å². The van der Waals surface area contributed by atoms with E-state index in [1.165, 1.54) is 4.90 Å².